The van der Waals surface area contributed by atoms with E-state index in [4.69, 9.17) is 9.47 Å². The summed E-state index contributed by atoms with van der Waals surface area (Å²) < 4.78 is 10.9. The predicted molar refractivity (Wildman–Crippen MR) is 143 cm³/mol. The van der Waals surface area contributed by atoms with Crippen LogP contribution in [0.4, 0.5) is 11.4 Å². The third-order valence-electron chi connectivity index (χ3n) is 7.69. The van der Waals surface area contributed by atoms with Crippen LogP contribution in [0.25, 0.3) is 0 Å². The molecule has 0 unspecified atom stereocenters. The maximum atomic E-state index is 13.1. The van der Waals surface area contributed by atoms with Gasteiger partial charge in [0, 0.05) is 5.69 Å². The quantitative estimate of drug-likeness (QED) is 0.267. The van der Waals surface area contributed by atoms with Crippen molar-refractivity contribution >= 4 is 35.1 Å². The van der Waals surface area contributed by atoms with Gasteiger partial charge in [0.1, 0.15) is 11.5 Å². The third-order valence-corrected chi connectivity index (χ3v) is 7.69. The van der Waals surface area contributed by atoms with Gasteiger partial charge < -0.3 is 14.8 Å². The molecule has 6 rings (SSSR count). The summed E-state index contributed by atoms with van der Waals surface area (Å²) in [5, 5.41) is 2.67. The van der Waals surface area contributed by atoms with Crippen molar-refractivity contribution in [1.29, 1.82) is 0 Å². The van der Waals surface area contributed by atoms with Gasteiger partial charge in [-0.1, -0.05) is 29.8 Å². The van der Waals surface area contributed by atoms with E-state index in [9.17, 15) is 19.2 Å². The number of fused-ring (bicyclic) bond motifs is 5. The zero-order valence-electron chi connectivity index (χ0n) is 21.2. The van der Waals surface area contributed by atoms with Crippen LogP contribution in [0, 0.1) is 23.7 Å². The molecule has 3 amide bonds. The van der Waals surface area contributed by atoms with Crippen LogP contribution in [-0.2, 0) is 19.1 Å². The predicted octanol–water partition coefficient (Wildman–Crippen LogP) is 4.98. The lowest BCUT2D eigenvalue weighted by atomic mass is 9.82. The number of nitrogens with one attached hydrogen (secondary N) is 1. The largest absolute Gasteiger partial charge is 0.457 e. The highest BCUT2D eigenvalue weighted by Gasteiger charge is 2.60. The Bertz CT molecular complexity index is 1480. The highest BCUT2D eigenvalue weighted by molar-refractivity contribution is 6.23. The molecular formula is C31H26N2O6. The van der Waals surface area contributed by atoms with Crippen molar-refractivity contribution in [3.8, 4) is 11.5 Å². The molecule has 4 atom stereocenters. The van der Waals surface area contributed by atoms with Gasteiger partial charge in [0.15, 0.2) is 6.61 Å². The summed E-state index contributed by atoms with van der Waals surface area (Å²) in [5.41, 5.74) is 2.38. The van der Waals surface area contributed by atoms with Crippen LogP contribution in [0.1, 0.15) is 23.7 Å². The number of carbonyl (C=O) groups excluding carboxylic acids is 4. The molecule has 3 aliphatic rings. The first-order valence-electron chi connectivity index (χ1n) is 12.8. The van der Waals surface area contributed by atoms with Gasteiger partial charge in [0.2, 0.25) is 11.8 Å². The molecule has 196 valence electrons. The molecule has 39 heavy (non-hydrogen) atoms. The van der Waals surface area contributed by atoms with Gasteiger partial charge in [0.25, 0.3) is 5.91 Å². The molecular weight excluding hydrogens is 496 g/mol. The number of hydrogen-bond donors (Lipinski definition) is 1. The van der Waals surface area contributed by atoms with E-state index in [0.29, 0.717) is 22.9 Å². The van der Waals surface area contributed by atoms with Crippen molar-refractivity contribution in [3.63, 3.8) is 0 Å². The van der Waals surface area contributed by atoms with Crippen LogP contribution in [0.2, 0.25) is 0 Å². The van der Waals surface area contributed by atoms with Gasteiger partial charge in [-0.3, -0.25) is 19.3 Å². The first kappa shape index (κ1) is 24.6. The Morgan fingerprint density at radius 3 is 2.26 bits per heavy atom. The Morgan fingerprint density at radius 2 is 1.54 bits per heavy atom. The van der Waals surface area contributed by atoms with Gasteiger partial charge in [-0.25, -0.2) is 4.79 Å². The molecule has 1 N–H and O–H groups in total. The Kier molecular flexibility index (Phi) is 6.23. The lowest BCUT2D eigenvalue weighted by molar-refractivity contribution is -0.123. The van der Waals surface area contributed by atoms with E-state index in [-0.39, 0.29) is 41.0 Å². The minimum Gasteiger partial charge on any atom is -0.457 e. The maximum absolute atomic E-state index is 13.1. The molecule has 1 aliphatic heterocycles. The minimum absolute atomic E-state index is 0.127. The molecule has 2 bridgehead atoms. The number of imide groups is 1. The second kappa shape index (κ2) is 9.87. The van der Waals surface area contributed by atoms with E-state index < -0.39 is 18.5 Å². The number of carbonyl (C=O) groups is 4. The summed E-state index contributed by atoms with van der Waals surface area (Å²) >= 11 is 0. The van der Waals surface area contributed by atoms with Crippen LogP contribution in [-0.4, -0.2) is 30.3 Å². The van der Waals surface area contributed by atoms with Crippen molar-refractivity contribution < 1.29 is 28.7 Å². The molecule has 1 heterocycles. The SMILES string of the molecule is CC1=C[C@H]2C[C@H]1[C@H]1C(=O)N(c3ccc(C(=O)OCC(=O)Nc4ccc(Oc5ccccc5)cc4)cc3)C(=O)[C@@H]12. The van der Waals surface area contributed by atoms with Gasteiger partial charge in [-0.2, -0.15) is 0 Å². The third kappa shape index (κ3) is 4.58. The van der Waals surface area contributed by atoms with Gasteiger partial charge in [-0.05, 0) is 85.8 Å². The first-order valence-corrected chi connectivity index (χ1v) is 12.8. The molecule has 0 aromatic heterocycles. The number of allylic oxidation sites excluding steroid dienone is 2. The van der Waals surface area contributed by atoms with Gasteiger partial charge >= 0.3 is 5.97 Å². The number of para-hydroxylation sites is 1. The number of esters is 1. The number of anilines is 2. The summed E-state index contributed by atoms with van der Waals surface area (Å²) in [6, 6.07) is 22.3. The molecule has 3 aromatic carbocycles. The fourth-order valence-corrected chi connectivity index (χ4v) is 5.92. The molecule has 1 saturated carbocycles. The second-order valence-corrected chi connectivity index (χ2v) is 10.1. The number of amides is 3. The van der Waals surface area contributed by atoms with E-state index in [1.165, 1.54) is 22.6 Å². The molecule has 2 aliphatic carbocycles. The van der Waals surface area contributed by atoms with Crippen molar-refractivity contribution in [3.05, 3.63) is 96.1 Å². The van der Waals surface area contributed by atoms with E-state index in [2.05, 4.69) is 11.4 Å². The number of hydrogen-bond acceptors (Lipinski definition) is 6. The maximum Gasteiger partial charge on any atom is 0.338 e. The second-order valence-electron chi connectivity index (χ2n) is 10.1. The summed E-state index contributed by atoms with van der Waals surface area (Å²) in [4.78, 5) is 52.2. The smallest absolute Gasteiger partial charge is 0.338 e. The average Bonchev–Trinajstić information content (AvgIpc) is 3.59. The molecule has 1 saturated heterocycles. The van der Waals surface area contributed by atoms with Crippen molar-refractivity contribution in [2.75, 3.05) is 16.8 Å². The normalized spacial score (nSPS) is 22.9. The summed E-state index contributed by atoms with van der Waals surface area (Å²) in [5.74, 6) is -0.505. The van der Waals surface area contributed by atoms with E-state index in [1.807, 2.05) is 37.3 Å². The molecule has 8 nitrogen and oxygen atoms in total. The molecule has 3 aromatic rings. The summed E-state index contributed by atoms with van der Waals surface area (Å²) in [6.45, 7) is 1.56. The molecule has 2 fully saturated rings. The minimum atomic E-state index is -0.683. The molecule has 8 heteroatoms. The van der Waals surface area contributed by atoms with Crippen LogP contribution >= 0.6 is 0 Å². The van der Waals surface area contributed by atoms with Crippen molar-refractivity contribution in [2.24, 2.45) is 23.7 Å². The highest BCUT2D eigenvalue weighted by atomic mass is 16.5. The number of nitrogens with zero attached hydrogens (tertiary/aromatic N) is 1. The first-order chi connectivity index (χ1) is 18.9. The topological polar surface area (TPSA) is 102 Å². The number of ether oxygens (including phenoxy) is 2. The summed E-state index contributed by atoms with van der Waals surface area (Å²) in [6.07, 6.45) is 3.00. The summed E-state index contributed by atoms with van der Waals surface area (Å²) in [7, 11) is 0. The molecule has 0 radical (unpaired) electrons. The van der Waals surface area contributed by atoms with Crippen LogP contribution in [0.15, 0.2) is 90.5 Å². The fraction of sp³-hybridized carbons (Fsp3) is 0.226. The van der Waals surface area contributed by atoms with Crippen LogP contribution in [0.5, 0.6) is 11.5 Å². The van der Waals surface area contributed by atoms with E-state index >= 15 is 0 Å². The van der Waals surface area contributed by atoms with Crippen molar-refractivity contribution in [1.82, 2.24) is 0 Å². The van der Waals surface area contributed by atoms with Crippen molar-refractivity contribution in [2.45, 2.75) is 13.3 Å². The zero-order valence-corrected chi connectivity index (χ0v) is 21.2. The zero-order chi connectivity index (χ0) is 27.1. The number of benzene rings is 3. The lowest BCUT2D eigenvalue weighted by Crippen LogP contribution is -2.33. The highest BCUT2D eigenvalue weighted by Crippen LogP contribution is 2.55. The molecule has 0 spiro atoms. The monoisotopic (exact) mass is 522 g/mol. The van der Waals surface area contributed by atoms with E-state index in [1.54, 1.807) is 36.4 Å². The van der Waals surface area contributed by atoms with Crippen LogP contribution in [0.3, 0.4) is 0 Å². The Labute approximate surface area is 225 Å². The van der Waals surface area contributed by atoms with Gasteiger partial charge in [-0.15, -0.1) is 0 Å². The van der Waals surface area contributed by atoms with Gasteiger partial charge in [0.05, 0.1) is 23.1 Å². The van der Waals surface area contributed by atoms with Crippen LogP contribution < -0.4 is 15.0 Å². The average molecular weight is 523 g/mol. The Balaban J connectivity index is 1.02. The van der Waals surface area contributed by atoms with E-state index in [0.717, 1.165) is 6.42 Å². The Morgan fingerprint density at radius 1 is 0.872 bits per heavy atom. The fourth-order valence-electron chi connectivity index (χ4n) is 5.92. The standard InChI is InChI=1S/C31H26N2O6/c1-18-15-20-16-25(18)28-27(20)29(35)33(30(28)36)22-11-7-19(8-12-22)31(37)38-17-26(34)32-21-9-13-24(14-10-21)39-23-5-3-2-4-6-23/h2-15,20,25,27-28H,16-17H2,1H3,(H,32,34)/t20-,25+,27+,28+/m0/s1. The Hall–Kier alpha value is -4.72. The lowest BCUT2D eigenvalue weighted by Gasteiger charge is -2.19. The number of rotatable bonds is 7.